The lowest BCUT2D eigenvalue weighted by Gasteiger charge is -1.99. The molecule has 1 saturated carbocycles. The molecule has 2 atom stereocenters. The van der Waals surface area contributed by atoms with Crippen LogP contribution in [-0.4, -0.2) is 17.2 Å². The molecule has 3 heteroatoms. The molecule has 2 nitrogen and oxygen atoms in total. The van der Waals surface area contributed by atoms with Crippen molar-refractivity contribution in [3.8, 4) is 0 Å². The molecule has 1 aliphatic carbocycles. The highest BCUT2D eigenvalue weighted by Gasteiger charge is 2.44. The first-order valence-corrected chi connectivity index (χ1v) is 5.61. The molecule has 0 aromatic heterocycles. The molecule has 0 aromatic carbocycles. The summed E-state index contributed by atoms with van der Waals surface area (Å²) in [6.45, 7) is 2.22. The largest absolute Gasteiger partial charge is 0.455 e. The molecule has 2 N–H and O–H groups in total. The van der Waals surface area contributed by atoms with Gasteiger partial charge in [0, 0.05) is 0 Å². The van der Waals surface area contributed by atoms with Gasteiger partial charge in [-0.25, -0.2) is 0 Å². The molecule has 76 valence electrons. The van der Waals surface area contributed by atoms with Gasteiger partial charge in [0.25, 0.3) is 0 Å². The zero-order chi connectivity index (χ0) is 9.68. The Morgan fingerprint density at radius 2 is 1.85 bits per heavy atom. The van der Waals surface area contributed by atoms with Crippen molar-refractivity contribution in [3.05, 3.63) is 0 Å². The molecule has 0 unspecified atom stereocenters. The summed E-state index contributed by atoms with van der Waals surface area (Å²) in [4.78, 5) is 0. The molecule has 1 rings (SSSR count). The minimum absolute atomic E-state index is 0.200. The Kier molecular flexibility index (Phi) is 4.82. The van der Waals surface area contributed by atoms with Crippen molar-refractivity contribution in [1.82, 2.24) is 0 Å². The third kappa shape index (κ3) is 4.14. The summed E-state index contributed by atoms with van der Waals surface area (Å²) in [6, 6.07) is 0. The Morgan fingerprint density at radius 3 is 2.38 bits per heavy atom. The van der Waals surface area contributed by atoms with Gasteiger partial charge in [-0.05, 0) is 18.2 Å². The molecule has 0 spiro atoms. The highest BCUT2D eigenvalue weighted by atomic mass is 16.4. The summed E-state index contributed by atoms with van der Waals surface area (Å²) in [5.41, 5.74) is 0. The first-order chi connectivity index (χ1) is 6.25. The number of hydrogen-bond donors (Lipinski definition) is 2. The van der Waals surface area contributed by atoms with Gasteiger partial charge in [0.05, 0.1) is 0 Å². The van der Waals surface area contributed by atoms with E-state index in [0.29, 0.717) is 5.92 Å². The lowest BCUT2D eigenvalue weighted by atomic mass is 9.81. The highest BCUT2D eigenvalue weighted by molar-refractivity contribution is 6.44. The van der Waals surface area contributed by atoms with Crippen molar-refractivity contribution in [2.45, 2.75) is 57.7 Å². The Hall–Kier alpha value is -0.0151. The van der Waals surface area contributed by atoms with Crippen LogP contribution in [0.25, 0.3) is 0 Å². The number of hydrogen-bond acceptors (Lipinski definition) is 2. The van der Waals surface area contributed by atoms with Crippen LogP contribution in [-0.2, 0) is 0 Å². The molecule has 0 heterocycles. The van der Waals surface area contributed by atoms with Gasteiger partial charge in [-0.2, -0.15) is 0 Å². The number of rotatable bonds is 7. The van der Waals surface area contributed by atoms with Gasteiger partial charge in [-0.15, -0.1) is 0 Å². The first kappa shape index (κ1) is 11.1. The van der Waals surface area contributed by atoms with Crippen LogP contribution >= 0.6 is 0 Å². The standard InChI is InChI=1S/C10H21BO2/c1-2-3-4-5-6-7-9-8-10(9)11(12)13/h9-10,12-13H,2-8H2,1H3/t9-,10-/m1/s1. The van der Waals surface area contributed by atoms with Crippen molar-refractivity contribution in [3.63, 3.8) is 0 Å². The van der Waals surface area contributed by atoms with E-state index in [1.807, 2.05) is 0 Å². The Labute approximate surface area is 81.5 Å². The van der Waals surface area contributed by atoms with E-state index in [1.54, 1.807) is 0 Å². The minimum Gasteiger partial charge on any atom is -0.427 e. The average molecular weight is 184 g/mol. The maximum absolute atomic E-state index is 8.86. The van der Waals surface area contributed by atoms with E-state index in [0.717, 1.165) is 6.42 Å². The van der Waals surface area contributed by atoms with Gasteiger partial charge < -0.3 is 10.0 Å². The summed E-state index contributed by atoms with van der Waals surface area (Å²) in [7, 11) is -1.05. The van der Waals surface area contributed by atoms with Gasteiger partial charge in [0.15, 0.2) is 0 Å². The van der Waals surface area contributed by atoms with E-state index in [2.05, 4.69) is 6.92 Å². The maximum atomic E-state index is 8.86. The topological polar surface area (TPSA) is 40.5 Å². The van der Waals surface area contributed by atoms with Crippen molar-refractivity contribution >= 4 is 7.12 Å². The predicted octanol–water partition coefficient (Wildman–Crippen LogP) is 2.21. The summed E-state index contributed by atoms with van der Waals surface area (Å²) in [5.74, 6) is 0.813. The van der Waals surface area contributed by atoms with E-state index < -0.39 is 7.12 Å². The van der Waals surface area contributed by atoms with Crippen LogP contribution in [0.1, 0.15) is 51.9 Å². The lowest BCUT2D eigenvalue weighted by molar-refractivity contribution is 0.398. The maximum Gasteiger partial charge on any atom is 0.455 e. The van der Waals surface area contributed by atoms with E-state index in [-0.39, 0.29) is 5.82 Å². The fourth-order valence-electron chi connectivity index (χ4n) is 1.98. The molecular formula is C10H21BO2. The summed E-state index contributed by atoms with van der Waals surface area (Å²) in [6.07, 6.45) is 8.80. The van der Waals surface area contributed by atoms with Crippen LogP contribution < -0.4 is 0 Å². The van der Waals surface area contributed by atoms with Crippen LogP contribution in [0.15, 0.2) is 0 Å². The van der Waals surface area contributed by atoms with Gasteiger partial charge >= 0.3 is 7.12 Å². The zero-order valence-electron chi connectivity index (χ0n) is 8.58. The fraction of sp³-hybridized carbons (Fsp3) is 1.00. The van der Waals surface area contributed by atoms with Crippen molar-refractivity contribution < 1.29 is 10.0 Å². The predicted molar refractivity (Wildman–Crippen MR) is 55.4 cm³/mol. The van der Waals surface area contributed by atoms with Crippen LogP contribution in [0.2, 0.25) is 5.82 Å². The second-order valence-corrected chi connectivity index (χ2v) is 4.28. The third-order valence-corrected chi connectivity index (χ3v) is 3.04. The lowest BCUT2D eigenvalue weighted by Crippen LogP contribution is -2.11. The van der Waals surface area contributed by atoms with Crippen LogP contribution in [0.5, 0.6) is 0 Å². The van der Waals surface area contributed by atoms with Crippen LogP contribution in [0.4, 0.5) is 0 Å². The molecule has 0 bridgehead atoms. The smallest absolute Gasteiger partial charge is 0.427 e. The van der Waals surface area contributed by atoms with E-state index in [4.69, 9.17) is 10.0 Å². The van der Waals surface area contributed by atoms with Gasteiger partial charge in [-0.1, -0.05) is 45.4 Å². The molecule has 0 amide bonds. The summed E-state index contributed by atoms with van der Waals surface area (Å²) in [5, 5.41) is 17.7. The van der Waals surface area contributed by atoms with Gasteiger partial charge in [0.1, 0.15) is 0 Å². The molecule has 1 fully saturated rings. The SMILES string of the molecule is CCCCCCC[C@@H]1C[C@H]1B(O)O. The Bertz CT molecular complexity index is 139. The van der Waals surface area contributed by atoms with Crippen molar-refractivity contribution in [2.75, 3.05) is 0 Å². The Balaban J connectivity index is 1.86. The Morgan fingerprint density at radius 1 is 1.15 bits per heavy atom. The molecule has 13 heavy (non-hydrogen) atoms. The second-order valence-electron chi connectivity index (χ2n) is 4.28. The second kappa shape index (κ2) is 5.66. The molecule has 0 saturated heterocycles. The van der Waals surface area contributed by atoms with E-state index >= 15 is 0 Å². The minimum atomic E-state index is -1.05. The normalized spacial score (nSPS) is 26.1. The van der Waals surface area contributed by atoms with Crippen LogP contribution in [0, 0.1) is 5.92 Å². The van der Waals surface area contributed by atoms with E-state index in [9.17, 15) is 0 Å². The monoisotopic (exact) mass is 184 g/mol. The average Bonchev–Trinajstić information content (AvgIpc) is 2.83. The van der Waals surface area contributed by atoms with E-state index in [1.165, 1.54) is 38.5 Å². The number of unbranched alkanes of at least 4 members (excludes halogenated alkanes) is 4. The zero-order valence-corrected chi connectivity index (χ0v) is 8.58. The van der Waals surface area contributed by atoms with Gasteiger partial charge in [-0.3, -0.25) is 0 Å². The van der Waals surface area contributed by atoms with Crippen molar-refractivity contribution in [2.24, 2.45) is 5.92 Å². The third-order valence-electron chi connectivity index (χ3n) is 3.04. The fourth-order valence-corrected chi connectivity index (χ4v) is 1.98. The quantitative estimate of drug-likeness (QED) is 0.470. The molecule has 1 aliphatic rings. The molecule has 0 radical (unpaired) electrons. The van der Waals surface area contributed by atoms with Crippen LogP contribution in [0.3, 0.4) is 0 Å². The molecular weight excluding hydrogens is 163 g/mol. The van der Waals surface area contributed by atoms with Crippen molar-refractivity contribution in [1.29, 1.82) is 0 Å². The first-order valence-electron chi connectivity index (χ1n) is 5.61. The summed E-state index contributed by atoms with van der Waals surface area (Å²) < 4.78 is 0. The molecule has 0 aliphatic heterocycles. The molecule has 0 aromatic rings. The summed E-state index contributed by atoms with van der Waals surface area (Å²) >= 11 is 0. The van der Waals surface area contributed by atoms with Gasteiger partial charge in [0.2, 0.25) is 0 Å². The highest BCUT2D eigenvalue weighted by Crippen LogP contribution is 2.48.